The van der Waals surface area contributed by atoms with Crippen LogP contribution in [0.5, 0.6) is 0 Å². The van der Waals surface area contributed by atoms with E-state index >= 15 is 0 Å². The van der Waals surface area contributed by atoms with Crippen molar-refractivity contribution in [3.8, 4) is 11.5 Å². The molecule has 26 heavy (non-hydrogen) atoms. The Morgan fingerprint density at radius 3 is 2.50 bits per heavy atom. The quantitative estimate of drug-likeness (QED) is 0.858. The maximum atomic E-state index is 12.7. The van der Waals surface area contributed by atoms with Crippen molar-refractivity contribution in [3.63, 3.8) is 0 Å². The topological polar surface area (TPSA) is 83.6 Å². The van der Waals surface area contributed by atoms with E-state index in [1.165, 1.54) is 11.2 Å². The molecular formula is C19H21ClN2O4. The summed E-state index contributed by atoms with van der Waals surface area (Å²) >= 11 is 5.87. The number of carboxylic acids is 1. The Bertz CT molecular complexity index is 794. The van der Waals surface area contributed by atoms with Gasteiger partial charge in [0.25, 0.3) is 0 Å². The Kier molecular flexibility index (Phi) is 5.32. The number of nitrogens with zero attached hydrogens (tertiary/aromatic N) is 2. The van der Waals surface area contributed by atoms with E-state index in [-0.39, 0.29) is 12.3 Å². The molecule has 0 atom stereocenters. The molecule has 0 radical (unpaired) electrons. The van der Waals surface area contributed by atoms with Gasteiger partial charge in [-0.1, -0.05) is 30.9 Å². The lowest BCUT2D eigenvalue weighted by Crippen LogP contribution is -2.56. The van der Waals surface area contributed by atoms with Crippen LogP contribution in [0.4, 0.5) is 0 Å². The van der Waals surface area contributed by atoms with Crippen molar-refractivity contribution < 1.29 is 19.1 Å². The van der Waals surface area contributed by atoms with Crippen LogP contribution in [0.15, 0.2) is 34.9 Å². The average Bonchev–Trinajstić information content (AvgIpc) is 3.10. The summed E-state index contributed by atoms with van der Waals surface area (Å²) in [6, 6.07) is 7.04. The van der Waals surface area contributed by atoms with Crippen LogP contribution < -0.4 is 0 Å². The van der Waals surface area contributed by atoms with Crippen molar-refractivity contribution in [1.82, 2.24) is 9.88 Å². The Morgan fingerprint density at radius 1 is 1.23 bits per heavy atom. The predicted molar refractivity (Wildman–Crippen MR) is 96.9 cm³/mol. The van der Waals surface area contributed by atoms with Gasteiger partial charge in [0, 0.05) is 17.6 Å². The fourth-order valence-electron chi connectivity index (χ4n) is 3.45. The predicted octanol–water partition coefficient (Wildman–Crippen LogP) is 3.78. The molecule has 0 unspecified atom stereocenters. The number of benzene rings is 1. The maximum Gasteiger partial charge on any atom is 0.329 e. The summed E-state index contributed by atoms with van der Waals surface area (Å²) in [7, 11) is 1.57. The van der Waals surface area contributed by atoms with E-state index in [1.807, 2.05) is 0 Å². The van der Waals surface area contributed by atoms with Gasteiger partial charge >= 0.3 is 5.97 Å². The molecule has 1 aliphatic rings. The number of hydrogen-bond acceptors (Lipinski definition) is 4. The molecule has 1 aromatic carbocycles. The molecule has 3 rings (SSSR count). The Balaban J connectivity index is 1.73. The first-order valence-electron chi connectivity index (χ1n) is 8.63. The fourth-order valence-corrected chi connectivity index (χ4v) is 3.58. The second-order valence-electron chi connectivity index (χ2n) is 6.68. The van der Waals surface area contributed by atoms with Gasteiger partial charge in [0.2, 0.25) is 11.8 Å². The lowest BCUT2D eigenvalue weighted by molar-refractivity contribution is -0.160. The number of oxazole rings is 1. The van der Waals surface area contributed by atoms with Gasteiger partial charge in [0.15, 0.2) is 0 Å². The van der Waals surface area contributed by atoms with E-state index in [9.17, 15) is 14.7 Å². The highest BCUT2D eigenvalue weighted by Gasteiger charge is 2.45. The minimum absolute atomic E-state index is 0.00260. The molecule has 1 aromatic heterocycles. The van der Waals surface area contributed by atoms with Gasteiger partial charge in [-0.25, -0.2) is 9.78 Å². The highest BCUT2D eigenvalue weighted by molar-refractivity contribution is 6.30. The number of rotatable bonds is 5. The number of carboxylic acid groups (broad SMARTS) is 1. The molecule has 1 fully saturated rings. The Morgan fingerprint density at radius 2 is 1.88 bits per heavy atom. The van der Waals surface area contributed by atoms with Crippen molar-refractivity contribution in [2.45, 2.75) is 44.1 Å². The van der Waals surface area contributed by atoms with E-state index in [2.05, 4.69) is 4.98 Å². The number of amides is 1. The summed E-state index contributed by atoms with van der Waals surface area (Å²) in [6.45, 7) is 0. The number of halogens is 1. The zero-order valence-corrected chi connectivity index (χ0v) is 15.3. The first kappa shape index (κ1) is 18.5. The molecular weight excluding hydrogens is 356 g/mol. The third-order valence-electron chi connectivity index (χ3n) is 5.07. The summed E-state index contributed by atoms with van der Waals surface area (Å²) in [4.78, 5) is 30.2. The first-order valence-corrected chi connectivity index (χ1v) is 9.00. The van der Waals surface area contributed by atoms with Crippen LogP contribution in [-0.2, 0) is 16.0 Å². The lowest BCUT2D eigenvalue weighted by Gasteiger charge is -2.41. The molecule has 0 spiro atoms. The smallest absolute Gasteiger partial charge is 0.329 e. The Hall–Kier alpha value is -2.34. The molecule has 0 aliphatic heterocycles. The summed E-state index contributed by atoms with van der Waals surface area (Å²) in [5.74, 6) is -0.807. The van der Waals surface area contributed by atoms with Gasteiger partial charge < -0.3 is 14.4 Å². The van der Waals surface area contributed by atoms with E-state index in [1.54, 1.807) is 31.3 Å². The molecule has 1 heterocycles. The van der Waals surface area contributed by atoms with Gasteiger partial charge in [-0.05, 0) is 37.1 Å². The van der Waals surface area contributed by atoms with E-state index < -0.39 is 11.5 Å². The van der Waals surface area contributed by atoms with Crippen LogP contribution in [0.1, 0.15) is 37.8 Å². The second-order valence-corrected chi connectivity index (χ2v) is 7.11. The highest BCUT2D eigenvalue weighted by Crippen LogP contribution is 2.33. The first-order chi connectivity index (χ1) is 12.4. The number of carbonyl (C=O) groups is 2. The van der Waals surface area contributed by atoms with Gasteiger partial charge in [-0.2, -0.15) is 0 Å². The third-order valence-corrected chi connectivity index (χ3v) is 5.32. The molecule has 1 aliphatic carbocycles. The molecule has 1 amide bonds. The molecule has 1 N–H and O–H groups in total. The van der Waals surface area contributed by atoms with E-state index in [0.29, 0.717) is 29.4 Å². The van der Waals surface area contributed by atoms with Gasteiger partial charge in [-0.3, -0.25) is 4.79 Å². The van der Waals surface area contributed by atoms with Crippen molar-refractivity contribution in [2.24, 2.45) is 0 Å². The zero-order valence-electron chi connectivity index (χ0n) is 14.6. The monoisotopic (exact) mass is 376 g/mol. The largest absolute Gasteiger partial charge is 0.479 e. The molecule has 2 aromatic rings. The van der Waals surface area contributed by atoms with Crippen LogP contribution in [0, 0.1) is 0 Å². The summed E-state index contributed by atoms with van der Waals surface area (Å²) in [5, 5.41) is 10.3. The van der Waals surface area contributed by atoms with Crippen molar-refractivity contribution in [3.05, 3.63) is 41.2 Å². The summed E-state index contributed by atoms with van der Waals surface area (Å²) < 4.78 is 5.45. The second kappa shape index (κ2) is 7.50. The molecule has 6 nitrogen and oxygen atoms in total. The van der Waals surface area contributed by atoms with E-state index in [0.717, 1.165) is 24.8 Å². The number of aliphatic carboxylic acids is 1. The highest BCUT2D eigenvalue weighted by atomic mass is 35.5. The van der Waals surface area contributed by atoms with Crippen LogP contribution in [-0.4, -0.2) is 39.5 Å². The van der Waals surface area contributed by atoms with Gasteiger partial charge in [-0.15, -0.1) is 0 Å². The fraction of sp³-hybridized carbons (Fsp3) is 0.421. The van der Waals surface area contributed by atoms with Crippen molar-refractivity contribution >= 4 is 23.5 Å². The molecule has 0 saturated heterocycles. The molecule has 138 valence electrons. The van der Waals surface area contributed by atoms with Gasteiger partial charge in [0.05, 0.1) is 12.1 Å². The third kappa shape index (κ3) is 3.60. The SMILES string of the molecule is CN(C(=O)Cc1coc(-c2ccc(Cl)cc2)n1)C1(C(=O)O)CCCCC1. The molecule has 7 heteroatoms. The standard InChI is InChI=1S/C19H21ClN2O4/c1-22(19(18(24)25)9-3-2-4-10-19)16(23)11-15-12-26-17(21-15)13-5-7-14(20)8-6-13/h5-8,12H,2-4,9-11H2,1H3,(H,24,25). The summed E-state index contributed by atoms with van der Waals surface area (Å²) in [5.41, 5.74) is 0.122. The minimum Gasteiger partial charge on any atom is -0.479 e. The number of carbonyl (C=O) groups excluding carboxylic acids is 1. The maximum absolute atomic E-state index is 12.7. The van der Waals surface area contributed by atoms with E-state index in [4.69, 9.17) is 16.0 Å². The van der Waals surface area contributed by atoms with Crippen LogP contribution in [0.3, 0.4) is 0 Å². The summed E-state index contributed by atoms with van der Waals surface area (Å²) in [6.07, 6.45) is 5.04. The van der Waals surface area contributed by atoms with Crippen molar-refractivity contribution in [1.29, 1.82) is 0 Å². The van der Waals surface area contributed by atoms with Crippen LogP contribution in [0.25, 0.3) is 11.5 Å². The normalized spacial score (nSPS) is 16.2. The molecule has 1 saturated carbocycles. The van der Waals surface area contributed by atoms with Crippen molar-refractivity contribution in [2.75, 3.05) is 7.05 Å². The number of likely N-dealkylation sites (N-methyl/N-ethyl adjacent to an activating group) is 1. The Labute approximate surface area is 156 Å². The molecule has 0 bridgehead atoms. The lowest BCUT2D eigenvalue weighted by atomic mass is 9.80. The van der Waals surface area contributed by atoms with Gasteiger partial charge in [0.1, 0.15) is 11.8 Å². The zero-order chi connectivity index (χ0) is 18.7. The number of hydrogen-bond donors (Lipinski definition) is 1. The van der Waals surface area contributed by atoms with Crippen LogP contribution >= 0.6 is 11.6 Å². The minimum atomic E-state index is -1.11. The average molecular weight is 377 g/mol. The number of aromatic nitrogens is 1. The van der Waals surface area contributed by atoms with Crippen LogP contribution in [0.2, 0.25) is 5.02 Å².